The van der Waals surface area contributed by atoms with E-state index in [2.05, 4.69) is 9.97 Å². The molecule has 0 radical (unpaired) electrons. The molecule has 112 valence electrons. The third-order valence-corrected chi connectivity index (χ3v) is 3.10. The Bertz CT molecular complexity index is 609. The largest absolute Gasteiger partial charge is 0.486 e. The summed E-state index contributed by atoms with van der Waals surface area (Å²) in [5.74, 6) is 0.923. The second-order valence-corrected chi connectivity index (χ2v) is 4.55. The topological polar surface area (TPSA) is 35.0 Å². The summed E-state index contributed by atoms with van der Waals surface area (Å²) in [5, 5.41) is 0. The molecular formula is C15H15F3N2O. The Labute approximate surface area is 120 Å². The van der Waals surface area contributed by atoms with Crippen molar-refractivity contribution < 1.29 is 17.9 Å². The monoisotopic (exact) mass is 296 g/mol. The summed E-state index contributed by atoms with van der Waals surface area (Å²) >= 11 is 0. The average molecular weight is 296 g/mol. The number of nitrogens with zero attached hydrogens (tertiary/aromatic N) is 2. The van der Waals surface area contributed by atoms with Gasteiger partial charge in [-0.2, -0.15) is 13.2 Å². The molecule has 0 saturated carbocycles. The van der Waals surface area contributed by atoms with E-state index in [0.717, 1.165) is 6.07 Å². The van der Waals surface area contributed by atoms with Crippen LogP contribution in [-0.4, -0.2) is 9.97 Å². The maximum atomic E-state index is 13.1. The summed E-state index contributed by atoms with van der Waals surface area (Å²) in [7, 11) is 0. The van der Waals surface area contributed by atoms with Crippen LogP contribution in [0.2, 0.25) is 0 Å². The molecule has 1 aromatic heterocycles. The Balaban J connectivity index is 2.27. The molecule has 1 heterocycles. The van der Waals surface area contributed by atoms with Gasteiger partial charge in [-0.25, -0.2) is 9.97 Å². The van der Waals surface area contributed by atoms with Gasteiger partial charge in [0.05, 0.1) is 18.0 Å². The second-order valence-electron chi connectivity index (χ2n) is 4.55. The zero-order valence-electron chi connectivity index (χ0n) is 11.7. The molecule has 0 aliphatic heterocycles. The molecule has 21 heavy (non-hydrogen) atoms. The van der Waals surface area contributed by atoms with Crippen LogP contribution in [0.25, 0.3) is 0 Å². The Morgan fingerprint density at radius 1 is 1.14 bits per heavy atom. The zero-order chi connectivity index (χ0) is 15.5. The van der Waals surface area contributed by atoms with Crippen molar-refractivity contribution in [2.45, 2.75) is 33.1 Å². The van der Waals surface area contributed by atoms with E-state index >= 15 is 0 Å². The molecule has 2 rings (SSSR count). The highest BCUT2D eigenvalue weighted by Crippen LogP contribution is 2.34. The van der Waals surface area contributed by atoms with Gasteiger partial charge in [0.25, 0.3) is 0 Å². The lowest BCUT2D eigenvalue weighted by Gasteiger charge is -2.16. The Morgan fingerprint density at radius 3 is 2.38 bits per heavy atom. The molecule has 0 aliphatic carbocycles. The van der Waals surface area contributed by atoms with Gasteiger partial charge in [-0.05, 0) is 25.0 Å². The molecule has 0 saturated heterocycles. The van der Waals surface area contributed by atoms with Gasteiger partial charge >= 0.3 is 6.18 Å². The van der Waals surface area contributed by atoms with E-state index in [1.807, 2.05) is 6.92 Å². The standard InChI is InChI=1S/C15H15F3N2O/c1-3-11-5-4-6-14(15(16,17)18)13(11)9-21-12-7-19-10(2)20-8-12/h4-8H,3,9H2,1-2H3. The minimum Gasteiger partial charge on any atom is -0.486 e. The van der Waals surface area contributed by atoms with Gasteiger partial charge in [-0.15, -0.1) is 0 Å². The number of aromatic nitrogens is 2. The fraction of sp³-hybridized carbons (Fsp3) is 0.333. The summed E-state index contributed by atoms with van der Waals surface area (Å²) in [5.41, 5.74) is 0.126. The number of ether oxygens (including phenoxy) is 1. The van der Waals surface area contributed by atoms with E-state index in [1.165, 1.54) is 18.5 Å². The van der Waals surface area contributed by atoms with Crippen molar-refractivity contribution >= 4 is 0 Å². The smallest absolute Gasteiger partial charge is 0.416 e. The normalized spacial score (nSPS) is 11.5. The lowest BCUT2D eigenvalue weighted by molar-refractivity contribution is -0.138. The van der Waals surface area contributed by atoms with Crippen LogP contribution < -0.4 is 4.74 Å². The lowest BCUT2D eigenvalue weighted by Crippen LogP contribution is -2.13. The highest BCUT2D eigenvalue weighted by atomic mass is 19.4. The number of rotatable bonds is 4. The van der Waals surface area contributed by atoms with Crippen molar-refractivity contribution in [1.82, 2.24) is 9.97 Å². The third-order valence-electron chi connectivity index (χ3n) is 3.10. The summed E-state index contributed by atoms with van der Waals surface area (Å²) in [6, 6.07) is 4.17. The van der Waals surface area contributed by atoms with Crippen LogP contribution in [0.4, 0.5) is 13.2 Å². The lowest BCUT2D eigenvalue weighted by atomic mass is 9.99. The molecule has 2 aromatic rings. The van der Waals surface area contributed by atoms with Gasteiger partial charge in [0.2, 0.25) is 0 Å². The molecule has 0 aliphatic rings. The SMILES string of the molecule is CCc1cccc(C(F)(F)F)c1COc1cnc(C)nc1. The summed E-state index contributed by atoms with van der Waals surface area (Å²) in [6.07, 6.45) is -0.991. The quantitative estimate of drug-likeness (QED) is 0.857. The number of benzene rings is 1. The first-order valence-electron chi connectivity index (χ1n) is 6.51. The van der Waals surface area contributed by atoms with Crippen molar-refractivity contribution in [1.29, 1.82) is 0 Å². The van der Waals surface area contributed by atoms with Crippen molar-refractivity contribution in [2.24, 2.45) is 0 Å². The van der Waals surface area contributed by atoms with Gasteiger partial charge in [0.15, 0.2) is 5.75 Å². The molecule has 0 bridgehead atoms. The Morgan fingerprint density at radius 2 is 1.81 bits per heavy atom. The van der Waals surface area contributed by atoms with E-state index in [-0.39, 0.29) is 12.2 Å². The number of hydrogen-bond acceptors (Lipinski definition) is 3. The molecule has 0 N–H and O–H groups in total. The number of halogens is 3. The highest BCUT2D eigenvalue weighted by Gasteiger charge is 2.34. The van der Waals surface area contributed by atoms with Crippen molar-refractivity contribution in [3.8, 4) is 5.75 Å². The van der Waals surface area contributed by atoms with E-state index in [4.69, 9.17) is 4.74 Å². The molecule has 1 aromatic carbocycles. The van der Waals surface area contributed by atoms with Crippen LogP contribution in [0.15, 0.2) is 30.6 Å². The van der Waals surface area contributed by atoms with Crippen LogP contribution in [0.5, 0.6) is 5.75 Å². The van der Waals surface area contributed by atoms with Gasteiger partial charge in [-0.3, -0.25) is 0 Å². The summed E-state index contributed by atoms with van der Waals surface area (Å²) < 4.78 is 44.6. The molecule has 0 unspecified atom stereocenters. The molecule has 0 amide bonds. The fourth-order valence-corrected chi connectivity index (χ4v) is 2.01. The average Bonchev–Trinajstić information content (AvgIpc) is 2.45. The molecular weight excluding hydrogens is 281 g/mol. The maximum Gasteiger partial charge on any atom is 0.416 e. The Hall–Kier alpha value is -2.11. The highest BCUT2D eigenvalue weighted by molar-refractivity contribution is 5.37. The van der Waals surface area contributed by atoms with E-state index in [9.17, 15) is 13.2 Å². The van der Waals surface area contributed by atoms with E-state index in [0.29, 0.717) is 23.6 Å². The third kappa shape index (κ3) is 3.71. The number of alkyl halides is 3. The minimum absolute atomic E-state index is 0.160. The number of hydrogen-bond donors (Lipinski definition) is 0. The van der Waals surface area contributed by atoms with Crippen LogP contribution in [0, 0.1) is 6.92 Å². The first-order chi connectivity index (χ1) is 9.91. The van der Waals surface area contributed by atoms with Crippen LogP contribution >= 0.6 is 0 Å². The minimum atomic E-state index is -4.40. The van der Waals surface area contributed by atoms with E-state index in [1.54, 1.807) is 13.0 Å². The molecule has 3 nitrogen and oxygen atoms in total. The molecule has 0 atom stereocenters. The van der Waals surface area contributed by atoms with Crippen molar-refractivity contribution in [3.05, 3.63) is 53.1 Å². The maximum absolute atomic E-state index is 13.1. The second kappa shape index (κ2) is 6.11. The van der Waals surface area contributed by atoms with E-state index < -0.39 is 11.7 Å². The molecule has 0 spiro atoms. The van der Waals surface area contributed by atoms with Crippen molar-refractivity contribution in [2.75, 3.05) is 0 Å². The predicted octanol–water partition coefficient (Wildman–Crippen LogP) is 3.95. The predicted molar refractivity (Wildman–Crippen MR) is 71.9 cm³/mol. The van der Waals surface area contributed by atoms with Crippen LogP contribution in [0.1, 0.15) is 29.4 Å². The zero-order valence-corrected chi connectivity index (χ0v) is 11.7. The summed E-state index contributed by atoms with van der Waals surface area (Å²) in [4.78, 5) is 7.89. The summed E-state index contributed by atoms with van der Waals surface area (Å²) in [6.45, 7) is 3.37. The molecule has 6 heteroatoms. The van der Waals surface area contributed by atoms with Crippen LogP contribution in [-0.2, 0) is 19.2 Å². The van der Waals surface area contributed by atoms with Gasteiger partial charge in [0, 0.05) is 5.56 Å². The first kappa shape index (κ1) is 15.3. The van der Waals surface area contributed by atoms with Crippen LogP contribution in [0.3, 0.4) is 0 Å². The fourth-order valence-electron chi connectivity index (χ4n) is 2.01. The van der Waals surface area contributed by atoms with Gasteiger partial charge in [-0.1, -0.05) is 19.1 Å². The first-order valence-corrected chi connectivity index (χ1v) is 6.51. The van der Waals surface area contributed by atoms with Gasteiger partial charge < -0.3 is 4.74 Å². The van der Waals surface area contributed by atoms with Gasteiger partial charge in [0.1, 0.15) is 12.4 Å². The number of aryl methyl sites for hydroxylation is 2. The Kier molecular flexibility index (Phi) is 4.45. The van der Waals surface area contributed by atoms with Crippen molar-refractivity contribution in [3.63, 3.8) is 0 Å². The molecule has 0 fully saturated rings.